The first-order chi connectivity index (χ1) is 15.4. The number of nitrogens with one attached hydrogen (secondary N) is 3. The molecule has 1 aliphatic heterocycles. The molecule has 0 spiro atoms. The van der Waals surface area contributed by atoms with Crippen LogP contribution in [-0.2, 0) is 0 Å². The number of aryl methyl sites for hydroxylation is 3. The van der Waals surface area contributed by atoms with E-state index < -0.39 is 6.23 Å². The van der Waals surface area contributed by atoms with Gasteiger partial charge in [0.15, 0.2) is 11.4 Å². The first-order valence-electron chi connectivity index (χ1n) is 10.3. The summed E-state index contributed by atoms with van der Waals surface area (Å²) in [6, 6.07) is 12.1. The average Bonchev–Trinajstić information content (AvgIpc) is 3.16. The van der Waals surface area contributed by atoms with E-state index in [1.54, 1.807) is 17.8 Å². The van der Waals surface area contributed by atoms with Crippen molar-refractivity contribution >= 4 is 45.6 Å². The third-order valence-electron chi connectivity index (χ3n) is 5.35. The van der Waals surface area contributed by atoms with Crippen LogP contribution < -0.4 is 10.6 Å². The molecule has 0 aliphatic carbocycles. The van der Waals surface area contributed by atoms with Crippen molar-refractivity contribution in [1.82, 2.24) is 25.3 Å². The van der Waals surface area contributed by atoms with E-state index in [-0.39, 0.29) is 0 Å². The third kappa shape index (κ3) is 4.17. The Morgan fingerprint density at radius 3 is 2.69 bits per heavy atom. The second-order valence-corrected chi connectivity index (χ2v) is 8.73. The van der Waals surface area contributed by atoms with Gasteiger partial charge in [0.25, 0.3) is 0 Å². The van der Waals surface area contributed by atoms with Gasteiger partial charge >= 0.3 is 0 Å². The predicted octanol–water partition coefficient (Wildman–Crippen LogP) is 3.80. The maximum Gasteiger partial charge on any atom is 0.230 e. The molecule has 4 N–H and O–H groups in total. The summed E-state index contributed by atoms with van der Waals surface area (Å²) in [6.07, 6.45) is 0.732. The number of aromatic amines is 1. The average molecular weight is 446 g/mol. The Hall–Kier alpha value is -3.43. The number of aliphatic hydroxyl groups excluding tert-OH is 1. The van der Waals surface area contributed by atoms with Crippen LogP contribution in [0.2, 0.25) is 0 Å². The summed E-state index contributed by atoms with van der Waals surface area (Å²) in [5.41, 5.74) is 6.90. The summed E-state index contributed by atoms with van der Waals surface area (Å²) in [7, 11) is 0. The number of rotatable bonds is 4. The maximum atomic E-state index is 10.2. The molecule has 0 radical (unpaired) electrons. The van der Waals surface area contributed by atoms with Gasteiger partial charge in [-0.1, -0.05) is 23.9 Å². The number of benzene rings is 2. The number of thioether (sulfide) groups is 1. The largest absolute Gasteiger partial charge is 0.368 e. The number of anilines is 1. The van der Waals surface area contributed by atoms with Crippen LogP contribution in [0, 0.1) is 20.8 Å². The van der Waals surface area contributed by atoms with Gasteiger partial charge in [0, 0.05) is 16.8 Å². The van der Waals surface area contributed by atoms with Crippen molar-refractivity contribution in [1.29, 1.82) is 0 Å². The number of imidazole rings is 1. The van der Waals surface area contributed by atoms with Crippen LogP contribution in [0.15, 0.2) is 58.3 Å². The molecule has 0 fully saturated rings. The quantitative estimate of drug-likeness (QED) is 0.354. The molecule has 1 atom stereocenters. The summed E-state index contributed by atoms with van der Waals surface area (Å²) in [5.74, 6) is 1.43. The van der Waals surface area contributed by atoms with Crippen molar-refractivity contribution in [3.63, 3.8) is 0 Å². The molecule has 32 heavy (non-hydrogen) atoms. The lowest BCUT2D eigenvalue weighted by Gasteiger charge is -2.20. The highest BCUT2D eigenvalue weighted by Crippen LogP contribution is 2.23. The predicted molar refractivity (Wildman–Crippen MR) is 129 cm³/mol. The van der Waals surface area contributed by atoms with Gasteiger partial charge in [-0.15, -0.1) is 0 Å². The Morgan fingerprint density at radius 2 is 1.84 bits per heavy atom. The van der Waals surface area contributed by atoms with E-state index in [1.165, 1.54) is 11.1 Å². The first kappa shape index (κ1) is 20.5. The fourth-order valence-corrected chi connectivity index (χ4v) is 4.38. The summed E-state index contributed by atoms with van der Waals surface area (Å²) < 4.78 is 0. The van der Waals surface area contributed by atoms with Crippen molar-refractivity contribution in [2.75, 3.05) is 11.1 Å². The Labute approximate surface area is 189 Å². The van der Waals surface area contributed by atoms with Gasteiger partial charge in [0.05, 0.1) is 22.2 Å². The van der Waals surface area contributed by atoms with Gasteiger partial charge in [-0.2, -0.15) is 0 Å². The zero-order valence-corrected chi connectivity index (χ0v) is 18.8. The Kier molecular flexibility index (Phi) is 5.28. The Morgan fingerprint density at radius 1 is 1.03 bits per heavy atom. The van der Waals surface area contributed by atoms with Crippen molar-refractivity contribution in [2.24, 2.45) is 4.99 Å². The van der Waals surface area contributed by atoms with E-state index in [0.717, 1.165) is 38.5 Å². The lowest BCUT2D eigenvalue weighted by atomic mass is 10.1. The SMILES string of the molecule is Cc1cc2nc(NC3=N[C@H](O)C=C(CSc4nc5ccccc5[nH]4)N3)nc(C)c2cc1C. The highest BCUT2D eigenvalue weighted by Gasteiger charge is 2.16. The minimum Gasteiger partial charge on any atom is -0.368 e. The highest BCUT2D eigenvalue weighted by molar-refractivity contribution is 7.99. The number of aliphatic imine (C=N–C) groups is 1. The molecule has 4 aromatic rings. The number of para-hydroxylation sites is 2. The van der Waals surface area contributed by atoms with E-state index in [1.807, 2.05) is 31.2 Å². The molecular formula is C23H23N7OS. The maximum absolute atomic E-state index is 10.2. The van der Waals surface area contributed by atoms with Crippen LogP contribution in [0.25, 0.3) is 21.9 Å². The molecule has 2 aromatic carbocycles. The molecule has 2 aromatic heterocycles. The van der Waals surface area contributed by atoms with E-state index >= 15 is 0 Å². The van der Waals surface area contributed by atoms with Gasteiger partial charge in [0.2, 0.25) is 11.9 Å². The van der Waals surface area contributed by atoms with Gasteiger partial charge in [-0.3, -0.25) is 5.32 Å². The van der Waals surface area contributed by atoms with Crippen LogP contribution in [0.4, 0.5) is 5.95 Å². The van der Waals surface area contributed by atoms with E-state index in [9.17, 15) is 5.11 Å². The van der Waals surface area contributed by atoms with Crippen molar-refractivity contribution in [3.8, 4) is 0 Å². The molecule has 0 saturated carbocycles. The van der Waals surface area contributed by atoms with E-state index in [2.05, 4.69) is 61.5 Å². The van der Waals surface area contributed by atoms with Gasteiger partial charge in [-0.05, 0) is 62.2 Å². The summed E-state index contributed by atoms with van der Waals surface area (Å²) in [4.78, 5) is 21.3. The molecule has 5 rings (SSSR count). The molecule has 1 aliphatic rings. The topological polar surface area (TPSA) is 111 Å². The summed E-state index contributed by atoms with van der Waals surface area (Å²) in [6.45, 7) is 6.11. The number of nitrogens with zero attached hydrogens (tertiary/aromatic N) is 4. The molecule has 0 amide bonds. The smallest absolute Gasteiger partial charge is 0.230 e. The van der Waals surface area contributed by atoms with Crippen LogP contribution in [0.3, 0.4) is 0 Å². The van der Waals surface area contributed by atoms with Crippen LogP contribution >= 0.6 is 11.8 Å². The molecular weight excluding hydrogens is 422 g/mol. The second-order valence-electron chi connectivity index (χ2n) is 7.77. The van der Waals surface area contributed by atoms with Crippen LogP contribution in [-0.4, -0.2) is 43.0 Å². The van der Waals surface area contributed by atoms with Crippen molar-refractivity contribution in [2.45, 2.75) is 32.2 Å². The zero-order chi connectivity index (χ0) is 22.2. The number of guanidine groups is 1. The lowest BCUT2D eigenvalue weighted by Crippen LogP contribution is -2.36. The Balaban J connectivity index is 1.30. The molecule has 0 bridgehead atoms. The second kappa shape index (κ2) is 8.25. The standard InChI is InChI=1S/C23H23N7OS/c1-12-8-16-14(3)24-21(26-19(16)9-13(12)2)30-22-25-15(10-20(31)29-22)11-32-23-27-17-6-4-5-7-18(17)28-23/h4-10,20,31H,11H2,1-3H3,(H,27,28)(H2,24,25,26,29,30)/t20-/m1/s1. The summed E-state index contributed by atoms with van der Waals surface area (Å²) >= 11 is 1.55. The molecule has 9 heteroatoms. The van der Waals surface area contributed by atoms with Gasteiger partial charge < -0.3 is 15.4 Å². The van der Waals surface area contributed by atoms with Crippen LogP contribution in [0.5, 0.6) is 0 Å². The fraction of sp³-hybridized carbons (Fsp3) is 0.217. The lowest BCUT2D eigenvalue weighted by molar-refractivity contribution is 0.230. The molecule has 8 nitrogen and oxygen atoms in total. The molecule has 0 unspecified atom stereocenters. The van der Waals surface area contributed by atoms with Crippen LogP contribution in [0.1, 0.15) is 16.8 Å². The van der Waals surface area contributed by atoms with Gasteiger partial charge in [-0.25, -0.2) is 19.9 Å². The van der Waals surface area contributed by atoms with Crippen molar-refractivity contribution < 1.29 is 5.11 Å². The number of aromatic nitrogens is 4. The molecule has 3 heterocycles. The molecule has 162 valence electrons. The normalized spacial score (nSPS) is 16.1. The van der Waals surface area contributed by atoms with E-state index in [4.69, 9.17) is 0 Å². The number of aliphatic hydroxyl groups is 1. The number of hydrogen-bond acceptors (Lipinski definition) is 8. The van der Waals surface area contributed by atoms with Gasteiger partial charge in [0.1, 0.15) is 0 Å². The highest BCUT2D eigenvalue weighted by atomic mass is 32.2. The van der Waals surface area contributed by atoms with Crippen molar-refractivity contribution in [3.05, 3.63) is 65.0 Å². The molecule has 0 saturated heterocycles. The number of H-pyrrole nitrogens is 1. The monoisotopic (exact) mass is 445 g/mol. The zero-order valence-electron chi connectivity index (χ0n) is 18.0. The minimum atomic E-state index is -0.948. The summed E-state index contributed by atoms with van der Waals surface area (Å²) in [5, 5.41) is 18.4. The minimum absolute atomic E-state index is 0.405. The Bertz CT molecular complexity index is 1360. The first-order valence-corrected chi connectivity index (χ1v) is 11.3. The third-order valence-corrected chi connectivity index (χ3v) is 6.28. The number of hydrogen-bond donors (Lipinski definition) is 4. The fourth-order valence-electron chi connectivity index (χ4n) is 3.57. The number of fused-ring (bicyclic) bond motifs is 2. The van der Waals surface area contributed by atoms with E-state index in [0.29, 0.717) is 17.7 Å².